The molecular formula is C19H16F2O9. The summed E-state index contributed by atoms with van der Waals surface area (Å²) in [6, 6.07) is 3.44. The Labute approximate surface area is 167 Å². The zero-order valence-electron chi connectivity index (χ0n) is 15.1. The highest BCUT2D eigenvalue weighted by atomic mass is 19.3. The van der Waals surface area contributed by atoms with Crippen molar-refractivity contribution < 1.29 is 47.9 Å². The highest BCUT2D eigenvalue weighted by molar-refractivity contribution is 5.85. The van der Waals surface area contributed by atoms with Gasteiger partial charge in [0.05, 0.1) is 0 Å². The van der Waals surface area contributed by atoms with Crippen LogP contribution in [0.5, 0.6) is 5.75 Å². The molecule has 0 amide bonds. The Hall–Kier alpha value is -3.04. The Morgan fingerprint density at radius 1 is 1.23 bits per heavy atom. The number of hydrogen-bond acceptors (Lipinski definition) is 8. The third-order valence-corrected chi connectivity index (χ3v) is 4.56. The first kappa shape index (κ1) is 21.7. The summed E-state index contributed by atoms with van der Waals surface area (Å²) in [6.07, 6.45) is -7.82. The molecule has 5 unspecified atom stereocenters. The lowest BCUT2D eigenvalue weighted by atomic mass is 9.99. The lowest BCUT2D eigenvalue weighted by Crippen LogP contribution is -2.61. The van der Waals surface area contributed by atoms with Crippen molar-refractivity contribution in [3.05, 3.63) is 39.7 Å². The number of rotatable bonds is 5. The van der Waals surface area contributed by atoms with Gasteiger partial charge in [0.1, 0.15) is 29.6 Å². The van der Waals surface area contributed by atoms with Gasteiger partial charge in [-0.1, -0.05) is 0 Å². The van der Waals surface area contributed by atoms with E-state index >= 15 is 0 Å². The Kier molecular flexibility index (Phi) is 6.04. The third kappa shape index (κ3) is 3.86. The molecular weight excluding hydrogens is 410 g/mol. The minimum absolute atomic E-state index is 0.0280. The number of alkyl halides is 2. The molecule has 5 atom stereocenters. The van der Waals surface area contributed by atoms with Crippen molar-refractivity contribution in [2.24, 2.45) is 0 Å². The molecule has 0 saturated carbocycles. The van der Waals surface area contributed by atoms with Gasteiger partial charge >= 0.3 is 11.6 Å². The van der Waals surface area contributed by atoms with Gasteiger partial charge in [-0.2, -0.15) is 0 Å². The van der Waals surface area contributed by atoms with E-state index in [1.165, 1.54) is 6.07 Å². The van der Waals surface area contributed by atoms with E-state index < -0.39 is 65.6 Å². The van der Waals surface area contributed by atoms with E-state index in [1.54, 1.807) is 0 Å². The zero-order valence-corrected chi connectivity index (χ0v) is 15.1. The minimum Gasteiger partial charge on any atom is -0.479 e. The van der Waals surface area contributed by atoms with Gasteiger partial charge in [-0.3, -0.25) is 0 Å². The molecule has 2 heterocycles. The predicted molar refractivity (Wildman–Crippen MR) is 94.9 cm³/mol. The maximum absolute atomic E-state index is 13.8. The van der Waals surface area contributed by atoms with E-state index in [2.05, 4.69) is 5.92 Å². The van der Waals surface area contributed by atoms with Crippen LogP contribution in [0.4, 0.5) is 8.78 Å². The Morgan fingerprint density at radius 3 is 2.53 bits per heavy atom. The van der Waals surface area contributed by atoms with Crippen LogP contribution in [0.3, 0.4) is 0 Å². The second kappa shape index (κ2) is 8.37. The second-order valence-corrected chi connectivity index (χ2v) is 6.48. The molecule has 11 heteroatoms. The lowest BCUT2D eigenvalue weighted by Gasteiger charge is -2.38. The summed E-state index contributed by atoms with van der Waals surface area (Å²) in [5, 5.41) is 38.8. The number of carboxylic acid groups (broad SMARTS) is 1. The number of aliphatic hydroxyl groups excluding tert-OH is 3. The number of ether oxygens (including phenoxy) is 2. The number of hydrogen-bond donors (Lipinski definition) is 4. The number of terminal acetylenes is 1. The highest BCUT2D eigenvalue weighted by Crippen LogP contribution is 2.38. The van der Waals surface area contributed by atoms with Gasteiger partial charge in [0.2, 0.25) is 6.29 Å². The van der Waals surface area contributed by atoms with E-state index in [0.717, 1.165) is 12.1 Å². The fourth-order valence-electron chi connectivity index (χ4n) is 3.13. The maximum atomic E-state index is 13.8. The van der Waals surface area contributed by atoms with Crippen LogP contribution in [0.1, 0.15) is 17.6 Å². The van der Waals surface area contributed by atoms with Gasteiger partial charge in [0.15, 0.2) is 11.7 Å². The van der Waals surface area contributed by atoms with Crippen LogP contribution in [0.25, 0.3) is 11.0 Å². The molecule has 0 radical (unpaired) electrons. The van der Waals surface area contributed by atoms with E-state index in [9.17, 15) is 33.7 Å². The molecule has 4 N–H and O–H groups in total. The Morgan fingerprint density at radius 2 is 1.93 bits per heavy atom. The monoisotopic (exact) mass is 426 g/mol. The van der Waals surface area contributed by atoms with E-state index in [1.807, 2.05) is 0 Å². The van der Waals surface area contributed by atoms with Gasteiger partial charge in [0.25, 0.3) is 6.43 Å². The molecule has 1 aliphatic heterocycles. The second-order valence-electron chi connectivity index (χ2n) is 6.48. The number of benzene rings is 1. The van der Waals surface area contributed by atoms with Gasteiger partial charge in [-0.15, -0.1) is 12.3 Å². The number of aliphatic hydroxyl groups is 3. The summed E-state index contributed by atoms with van der Waals surface area (Å²) in [5.41, 5.74) is -2.01. The van der Waals surface area contributed by atoms with Crippen LogP contribution in [0.2, 0.25) is 0 Å². The molecule has 0 aliphatic carbocycles. The molecule has 1 aromatic heterocycles. The van der Waals surface area contributed by atoms with E-state index in [0.29, 0.717) is 0 Å². The standard InChI is InChI=1S/C19H16F2O9/c1-2-3-7-6-10(22)29-15-8(7)4-5-9(11(15)17(20)21)28-19-14(25)12(23)13(24)16(30-19)18(26)27/h1,4-6,12-14,16-17,19,23-25H,3H2,(H,26,27). The average molecular weight is 426 g/mol. The van der Waals surface area contributed by atoms with Crippen LogP contribution in [-0.2, 0) is 16.0 Å². The molecule has 1 fully saturated rings. The Bertz CT molecular complexity index is 1060. The summed E-state index contributed by atoms with van der Waals surface area (Å²) in [7, 11) is 0. The topological polar surface area (TPSA) is 147 Å². The summed E-state index contributed by atoms with van der Waals surface area (Å²) < 4.78 is 42.7. The predicted octanol–water partition coefficient (Wildman–Crippen LogP) is 0.177. The smallest absolute Gasteiger partial charge is 0.336 e. The SMILES string of the molecule is C#CCc1cc(=O)oc2c(C(F)F)c(OC3OC(C(=O)O)C(O)C(O)C3O)ccc12. The zero-order chi connectivity index (χ0) is 22.2. The molecule has 9 nitrogen and oxygen atoms in total. The largest absolute Gasteiger partial charge is 0.479 e. The normalized spacial score (nSPS) is 26.5. The first-order valence-corrected chi connectivity index (χ1v) is 8.56. The van der Waals surface area contributed by atoms with Gasteiger partial charge < -0.3 is 34.3 Å². The first-order chi connectivity index (χ1) is 14.1. The number of aliphatic carboxylic acids is 1. The van der Waals surface area contributed by atoms with Crippen LogP contribution in [0.15, 0.2) is 27.4 Å². The van der Waals surface area contributed by atoms with Crippen LogP contribution < -0.4 is 10.4 Å². The van der Waals surface area contributed by atoms with Crippen LogP contribution in [0, 0.1) is 12.3 Å². The average Bonchev–Trinajstić information content (AvgIpc) is 2.67. The van der Waals surface area contributed by atoms with E-state index in [4.69, 9.17) is 25.4 Å². The first-order valence-electron chi connectivity index (χ1n) is 8.56. The van der Waals surface area contributed by atoms with Crippen molar-refractivity contribution in [1.82, 2.24) is 0 Å². The third-order valence-electron chi connectivity index (χ3n) is 4.56. The molecule has 1 aromatic carbocycles. The van der Waals surface area contributed by atoms with Crippen LogP contribution in [-0.4, -0.2) is 57.1 Å². The quantitative estimate of drug-likeness (QED) is 0.388. The lowest BCUT2D eigenvalue weighted by molar-refractivity contribution is -0.271. The van der Waals surface area contributed by atoms with Crippen molar-refractivity contribution in [1.29, 1.82) is 0 Å². The molecule has 160 valence electrons. The molecule has 3 rings (SSSR count). The summed E-state index contributed by atoms with van der Waals surface area (Å²) in [6.45, 7) is 0. The van der Waals surface area contributed by atoms with Gasteiger partial charge in [0, 0.05) is 17.9 Å². The molecule has 30 heavy (non-hydrogen) atoms. The van der Waals surface area contributed by atoms with Crippen molar-refractivity contribution in [3.8, 4) is 18.1 Å². The fourth-order valence-corrected chi connectivity index (χ4v) is 3.13. The number of fused-ring (bicyclic) bond motifs is 1. The highest BCUT2D eigenvalue weighted by Gasteiger charge is 2.48. The molecule has 0 bridgehead atoms. The van der Waals surface area contributed by atoms with E-state index in [-0.39, 0.29) is 17.4 Å². The number of carboxylic acids is 1. The van der Waals surface area contributed by atoms with Gasteiger partial charge in [-0.25, -0.2) is 18.4 Å². The maximum Gasteiger partial charge on any atom is 0.336 e. The van der Waals surface area contributed by atoms with Crippen LogP contribution >= 0.6 is 0 Å². The summed E-state index contributed by atoms with van der Waals surface area (Å²) >= 11 is 0. The van der Waals surface area contributed by atoms with Crippen molar-refractivity contribution in [2.75, 3.05) is 0 Å². The number of carbonyl (C=O) groups is 1. The molecule has 0 spiro atoms. The fraction of sp³-hybridized carbons (Fsp3) is 0.368. The molecule has 2 aromatic rings. The number of halogens is 2. The van der Waals surface area contributed by atoms with Crippen molar-refractivity contribution in [3.63, 3.8) is 0 Å². The van der Waals surface area contributed by atoms with Crippen molar-refractivity contribution >= 4 is 16.9 Å². The van der Waals surface area contributed by atoms with Crippen molar-refractivity contribution in [2.45, 2.75) is 43.6 Å². The molecule has 1 aliphatic rings. The van der Waals surface area contributed by atoms with Gasteiger partial charge in [-0.05, 0) is 17.7 Å². The molecule has 1 saturated heterocycles. The Balaban J connectivity index is 2.08. The minimum atomic E-state index is -3.21. The summed E-state index contributed by atoms with van der Waals surface area (Å²) in [5.74, 6) is 0.0484. The summed E-state index contributed by atoms with van der Waals surface area (Å²) in [4.78, 5) is 23.0.